The summed E-state index contributed by atoms with van der Waals surface area (Å²) in [5.74, 6) is 1.29. The van der Waals surface area contributed by atoms with Crippen LogP contribution in [0.15, 0.2) is 21.6 Å². The maximum Gasteiger partial charge on any atom is 0.246 e. The first-order valence-corrected chi connectivity index (χ1v) is 6.93. The molecule has 1 amide bonds. The fourth-order valence-electron chi connectivity index (χ4n) is 2.10. The molecule has 0 spiro atoms. The first-order chi connectivity index (χ1) is 9.19. The molecule has 0 fully saturated rings. The van der Waals surface area contributed by atoms with Crippen molar-refractivity contribution in [2.75, 3.05) is 6.54 Å². The van der Waals surface area contributed by atoms with Crippen molar-refractivity contribution in [3.63, 3.8) is 0 Å². The molecule has 1 aromatic heterocycles. The summed E-state index contributed by atoms with van der Waals surface area (Å²) < 4.78 is 5.43. The molecule has 0 aliphatic rings. The van der Waals surface area contributed by atoms with E-state index in [4.69, 9.17) is 4.42 Å². The zero-order valence-electron chi connectivity index (χ0n) is 13.3. The van der Waals surface area contributed by atoms with Crippen molar-refractivity contribution in [1.82, 2.24) is 5.32 Å². The van der Waals surface area contributed by atoms with Crippen molar-refractivity contribution >= 4 is 5.91 Å². The minimum atomic E-state index is -1.14. The largest absolute Gasteiger partial charge is 0.466 e. The molecule has 1 heterocycles. The van der Waals surface area contributed by atoms with Crippen molar-refractivity contribution in [3.05, 3.63) is 34.3 Å². The third-order valence-corrected chi connectivity index (χ3v) is 3.73. The molecule has 1 aromatic rings. The van der Waals surface area contributed by atoms with Gasteiger partial charge in [-0.1, -0.05) is 12.5 Å². The summed E-state index contributed by atoms with van der Waals surface area (Å²) in [6.07, 6.45) is 0.843. The molecule has 2 N–H and O–H groups in total. The van der Waals surface area contributed by atoms with E-state index in [1.165, 1.54) is 0 Å². The second kappa shape index (κ2) is 6.27. The van der Waals surface area contributed by atoms with Crippen LogP contribution >= 0.6 is 0 Å². The highest BCUT2D eigenvalue weighted by Crippen LogP contribution is 2.26. The van der Waals surface area contributed by atoms with Gasteiger partial charge < -0.3 is 14.8 Å². The minimum Gasteiger partial charge on any atom is -0.466 e. The second-order valence-corrected chi connectivity index (χ2v) is 5.54. The van der Waals surface area contributed by atoms with Gasteiger partial charge in [-0.3, -0.25) is 4.79 Å². The summed E-state index contributed by atoms with van der Waals surface area (Å²) >= 11 is 0. The number of allylic oxidation sites excluding steroid dienone is 1. The number of aliphatic hydroxyl groups is 1. The molecule has 0 saturated heterocycles. The quantitative estimate of drug-likeness (QED) is 0.815. The average molecular weight is 279 g/mol. The number of hydrogen-bond acceptors (Lipinski definition) is 3. The predicted molar refractivity (Wildman–Crippen MR) is 79.4 cm³/mol. The van der Waals surface area contributed by atoms with Gasteiger partial charge in [0.25, 0.3) is 0 Å². The van der Waals surface area contributed by atoms with E-state index in [-0.39, 0.29) is 12.5 Å². The van der Waals surface area contributed by atoms with E-state index in [9.17, 15) is 9.90 Å². The standard InChI is InChI=1S/C16H25NO3/c1-7-10(2)12(4)15(18)17-9-16(6,19)14-8-11(3)20-13(14)5/h8,19H,7,9H2,1-6H3,(H,17,18)/b12-10-. The highest BCUT2D eigenvalue weighted by atomic mass is 16.3. The first-order valence-electron chi connectivity index (χ1n) is 6.93. The first kappa shape index (κ1) is 16.5. The second-order valence-electron chi connectivity index (χ2n) is 5.54. The van der Waals surface area contributed by atoms with Gasteiger partial charge in [0.2, 0.25) is 5.91 Å². The molecule has 0 bridgehead atoms. The summed E-state index contributed by atoms with van der Waals surface area (Å²) in [6, 6.07) is 1.81. The Morgan fingerprint density at radius 3 is 2.45 bits per heavy atom. The number of furan rings is 1. The van der Waals surface area contributed by atoms with Gasteiger partial charge in [0.1, 0.15) is 17.1 Å². The summed E-state index contributed by atoms with van der Waals surface area (Å²) in [5, 5.41) is 13.3. The highest BCUT2D eigenvalue weighted by molar-refractivity contribution is 5.93. The molecule has 0 aliphatic heterocycles. The number of nitrogens with one attached hydrogen (secondary N) is 1. The van der Waals surface area contributed by atoms with E-state index < -0.39 is 5.60 Å². The Kier molecular flexibility index (Phi) is 5.17. The summed E-state index contributed by atoms with van der Waals surface area (Å²) in [4.78, 5) is 12.0. The van der Waals surface area contributed by atoms with E-state index in [0.29, 0.717) is 16.9 Å². The number of amides is 1. The third kappa shape index (κ3) is 3.73. The maximum absolute atomic E-state index is 12.0. The van der Waals surface area contributed by atoms with Crippen LogP contribution in [0.2, 0.25) is 0 Å². The van der Waals surface area contributed by atoms with E-state index in [2.05, 4.69) is 5.32 Å². The molecule has 1 rings (SSSR count). The van der Waals surface area contributed by atoms with Crippen molar-refractivity contribution in [3.8, 4) is 0 Å². The predicted octanol–water partition coefficient (Wildman–Crippen LogP) is 2.97. The van der Waals surface area contributed by atoms with Crippen molar-refractivity contribution in [1.29, 1.82) is 0 Å². The monoisotopic (exact) mass is 279 g/mol. The van der Waals surface area contributed by atoms with Gasteiger partial charge >= 0.3 is 0 Å². The molecule has 112 valence electrons. The molecule has 0 aromatic carbocycles. The molecule has 0 radical (unpaired) electrons. The van der Waals surface area contributed by atoms with Gasteiger partial charge in [0.15, 0.2) is 0 Å². The number of carbonyl (C=O) groups is 1. The van der Waals surface area contributed by atoms with Crippen LogP contribution in [0.1, 0.15) is 51.2 Å². The number of rotatable bonds is 5. The lowest BCUT2D eigenvalue weighted by molar-refractivity contribution is -0.118. The van der Waals surface area contributed by atoms with E-state index in [0.717, 1.165) is 17.8 Å². The fourth-order valence-corrected chi connectivity index (χ4v) is 2.10. The fraction of sp³-hybridized carbons (Fsp3) is 0.562. The Hall–Kier alpha value is -1.55. The number of hydrogen-bond donors (Lipinski definition) is 2. The van der Waals surface area contributed by atoms with Crippen LogP contribution in [-0.4, -0.2) is 17.6 Å². The van der Waals surface area contributed by atoms with Crippen LogP contribution in [0.25, 0.3) is 0 Å². The number of carbonyl (C=O) groups excluding carboxylic acids is 1. The Morgan fingerprint density at radius 1 is 1.40 bits per heavy atom. The van der Waals surface area contributed by atoms with Gasteiger partial charge in [0, 0.05) is 11.1 Å². The van der Waals surface area contributed by atoms with Crippen molar-refractivity contribution in [2.24, 2.45) is 0 Å². The molecule has 4 nitrogen and oxygen atoms in total. The molecule has 0 saturated carbocycles. The summed E-state index contributed by atoms with van der Waals surface area (Å²) in [5.41, 5.74) is 1.34. The topological polar surface area (TPSA) is 62.5 Å². The van der Waals surface area contributed by atoms with E-state index in [1.54, 1.807) is 13.8 Å². The summed E-state index contributed by atoms with van der Waals surface area (Å²) in [7, 11) is 0. The summed E-state index contributed by atoms with van der Waals surface area (Å²) in [6.45, 7) is 11.2. The lowest BCUT2D eigenvalue weighted by Gasteiger charge is -2.23. The Bertz CT molecular complexity index is 524. The Labute approximate surface area is 120 Å². The zero-order valence-corrected chi connectivity index (χ0v) is 13.3. The van der Waals surface area contributed by atoms with E-state index in [1.807, 2.05) is 33.8 Å². The van der Waals surface area contributed by atoms with Gasteiger partial charge in [-0.05, 0) is 47.1 Å². The molecule has 20 heavy (non-hydrogen) atoms. The van der Waals surface area contributed by atoms with Crippen LogP contribution in [-0.2, 0) is 10.4 Å². The molecule has 1 unspecified atom stereocenters. The normalized spacial score (nSPS) is 15.6. The molecule has 4 heteroatoms. The molecule has 1 atom stereocenters. The van der Waals surface area contributed by atoms with E-state index >= 15 is 0 Å². The molecular weight excluding hydrogens is 254 g/mol. The van der Waals surface area contributed by atoms with Crippen LogP contribution < -0.4 is 5.32 Å². The lowest BCUT2D eigenvalue weighted by atomic mass is 9.96. The van der Waals surface area contributed by atoms with Crippen molar-refractivity contribution in [2.45, 2.75) is 53.6 Å². The van der Waals surface area contributed by atoms with Crippen LogP contribution in [0.4, 0.5) is 0 Å². The Morgan fingerprint density at radius 2 is 2.00 bits per heavy atom. The van der Waals surface area contributed by atoms with Gasteiger partial charge in [-0.2, -0.15) is 0 Å². The van der Waals surface area contributed by atoms with Gasteiger partial charge in [-0.25, -0.2) is 0 Å². The average Bonchev–Trinajstić information content (AvgIpc) is 2.74. The SMILES string of the molecule is CC/C(C)=C(/C)C(=O)NCC(C)(O)c1cc(C)oc1C. The van der Waals surface area contributed by atoms with Crippen LogP contribution in [0.5, 0.6) is 0 Å². The van der Waals surface area contributed by atoms with Crippen LogP contribution in [0, 0.1) is 13.8 Å². The van der Waals surface area contributed by atoms with Crippen molar-refractivity contribution < 1.29 is 14.3 Å². The van der Waals surface area contributed by atoms with Crippen LogP contribution in [0.3, 0.4) is 0 Å². The zero-order chi connectivity index (χ0) is 15.5. The maximum atomic E-state index is 12.0. The third-order valence-electron chi connectivity index (χ3n) is 3.73. The smallest absolute Gasteiger partial charge is 0.246 e. The molecular formula is C16H25NO3. The lowest BCUT2D eigenvalue weighted by Crippen LogP contribution is -2.39. The highest BCUT2D eigenvalue weighted by Gasteiger charge is 2.28. The Balaban J connectivity index is 2.79. The van der Waals surface area contributed by atoms with Gasteiger partial charge in [-0.15, -0.1) is 0 Å². The minimum absolute atomic E-state index is 0.137. The van der Waals surface area contributed by atoms with Gasteiger partial charge in [0.05, 0.1) is 6.54 Å². The number of aryl methyl sites for hydroxylation is 2. The molecule has 0 aliphatic carbocycles.